The summed E-state index contributed by atoms with van der Waals surface area (Å²) in [6, 6.07) is 4.80. The van der Waals surface area contributed by atoms with Crippen LogP contribution < -0.4 is 0 Å². The minimum absolute atomic E-state index is 0.173. The molecule has 0 heterocycles. The second-order valence-corrected chi connectivity index (χ2v) is 4.89. The summed E-state index contributed by atoms with van der Waals surface area (Å²) in [5.41, 5.74) is 1.91. The van der Waals surface area contributed by atoms with Crippen molar-refractivity contribution in [1.29, 1.82) is 0 Å². The third-order valence-electron chi connectivity index (χ3n) is 4.06. The van der Waals surface area contributed by atoms with E-state index in [1.165, 1.54) is 6.07 Å². The third-order valence-corrected chi connectivity index (χ3v) is 4.06. The smallest absolute Gasteiger partial charge is 0.307 e. The summed E-state index contributed by atoms with van der Waals surface area (Å²) in [6.45, 7) is 0. The maximum Gasteiger partial charge on any atom is 0.307 e. The van der Waals surface area contributed by atoms with Gasteiger partial charge in [0.2, 0.25) is 0 Å². The number of halogens is 1. The first-order valence-electron chi connectivity index (χ1n) is 5.65. The van der Waals surface area contributed by atoms with Crippen molar-refractivity contribution in [3.63, 3.8) is 0 Å². The van der Waals surface area contributed by atoms with Gasteiger partial charge in [-0.15, -0.1) is 0 Å². The fraction of sp³-hybridized carbons (Fsp3) is 0.462. The molecule has 1 unspecified atom stereocenters. The molecule has 3 rings (SSSR count). The van der Waals surface area contributed by atoms with E-state index >= 15 is 0 Å². The summed E-state index contributed by atoms with van der Waals surface area (Å²) in [7, 11) is 0. The molecule has 84 valence electrons. The fourth-order valence-corrected chi connectivity index (χ4v) is 3.13. The Bertz CT molecular complexity index is 463. The van der Waals surface area contributed by atoms with E-state index in [9.17, 15) is 14.3 Å². The average Bonchev–Trinajstić information content (AvgIpc) is 2.98. The van der Waals surface area contributed by atoms with E-state index in [4.69, 9.17) is 0 Å². The van der Waals surface area contributed by atoms with Crippen LogP contribution in [-0.2, 0) is 16.6 Å². The highest BCUT2D eigenvalue weighted by molar-refractivity contribution is 5.74. The second-order valence-electron chi connectivity index (χ2n) is 4.89. The Balaban J connectivity index is 2.09. The molecule has 1 saturated carbocycles. The lowest BCUT2D eigenvalue weighted by atomic mass is 9.72. The predicted octanol–water partition coefficient (Wildman–Crippen LogP) is 2.50. The molecular formula is C13H13FO2. The molecule has 0 bridgehead atoms. The zero-order valence-corrected chi connectivity index (χ0v) is 8.87. The first kappa shape index (κ1) is 9.82. The average molecular weight is 220 g/mol. The summed E-state index contributed by atoms with van der Waals surface area (Å²) >= 11 is 0. The van der Waals surface area contributed by atoms with Crippen LogP contribution in [0.1, 0.15) is 30.4 Å². The first-order chi connectivity index (χ1) is 7.63. The summed E-state index contributed by atoms with van der Waals surface area (Å²) in [4.78, 5) is 11.2. The van der Waals surface area contributed by atoms with Crippen LogP contribution in [0.5, 0.6) is 0 Å². The molecule has 1 aromatic carbocycles. The van der Waals surface area contributed by atoms with Crippen molar-refractivity contribution in [1.82, 2.24) is 0 Å². The van der Waals surface area contributed by atoms with E-state index in [1.807, 2.05) is 0 Å². The Morgan fingerprint density at radius 3 is 2.81 bits per heavy atom. The Hall–Kier alpha value is -1.38. The van der Waals surface area contributed by atoms with Gasteiger partial charge in [-0.3, -0.25) is 4.79 Å². The van der Waals surface area contributed by atoms with Crippen molar-refractivity contribution < 1.29 is 14.3 Å². The Kier molecular flexibility index (Phi) is 1.88. The molecule has 0 amide bonds. The number of hydrogen-bond donors (Lipinski definition) is 1. The summed E-state index contributed by atoms with van der Waals surface area (Å²) in [5, 5.41) is 9.22. The van der Waals surface area contributed by atoms with Gasteiger partial charge in [0.25, 0.3) is 0 Å². The molecule has 2 aliphatic rings. The normalized spacial score (nSPS) is 25.2. The van der Waals surface area contributed by atoms with Crippen LogP contribution >= 0.6 is 0 Å². The van der Waals surface area contributed by atoms with Gasteiger partial charge in [0, 0.05) is 5.41 Å². The Morgan fingerprint density at radius 1 is 1.44 bits per heavy atom. The minimum Gasteiger partial charge on any atom is -0.481 e. The lowest BCUT2D eigenvalue weighted by molar-refractivity contribution is -0.143. The van der Waals surface area contributed by atoms with Crippen molar-refractivity contribution in [2.45, 2.75) is 31.1 Å². The van der Waals surface area contributed by atoms with Crippen molar-refractivity contribution in [3.05, 3.63) is 35.1 Å². The van der Waals surface area contributed by atoms with Crippen LogP contribution in [-0.4, -0.2) is 11.1 Å². The number of carbonyl (C=O) groups is 1. The lowest BCUT2D eigenvalue weighted by Crippen LogP contribution is -2.33. The summed E-state index contributed by atoms with van der Waals surface area (Å²) in [6.07, 6.45) is 3.20. The van der Waals surface area contributed by atoms with Crippen LogP contribution in [0.25, 0.3) is 0 Å². The summed E-state index contributed by atoms with van der Waals surface area (Å²) < 4.78 is 13.1. The molecule has 3 heteroatoms. The van der Waals surface area contributed by atoms with Gasteiger partial charge in [0.1, 0.15) is 5.82 Å². The molecule has 0 radical (unpaired) electrons. The van der Waals surface area contributed by atoms with Gasteiger partial charge >= 0.3 is 5.97 Å². The van der Waals surface area contributed by atoms with E-state index in [2.05, 4.69) is 0 Å². The highest BCUT2D eigenvalue weighted by atomic mass is 19.1. The van der Waals surface area contributed by atoms with Crippen molar-refractivity contribution in [2.75, 3.05) is 0 Å². The molecule has 1 N–H and O–H groups in total. The van der Waals surface area contributed by atoms with Crippen LogP contribution in [0.3, 0.4) is 0 Å². The maximum atomic E-state index is 13.1. The third kappa shape index (κ3) is 1.20. The SMILES string of the molecule is O=C(O)C1CCc2cc(F)ccc2C12CC2. The van der Waals surface area contributed by atoms with Crippen molar-refractivity contribution in [3.8, 4) is 0 Å². The van der Waals surface area contributed by atoms with Crippen LogP contribution in [0.4, 0.5) is 4.39 Å². The first-order valence-corrected chi connectivity index (χ1v) is 5.65. The largest absolute Gasteiger partial charge is 0.481 e. The molecule has 0 aliphatic heterocycles. The number of carboxylic acids is 1. The molecule has 16 heavy (non-hydrogen) atoms. The molecule has 1 atom stereocenters. The van der Waals surface area contributed by atoms with Gasteiger partial charge in [-0.1, -0.05) is 6.07 Å². The highest BCUT2D eigenvalue weighted by Crippen LogP contribution is 2.58. The lowest BCUT2D eigenvalue weighted by Gasteiger charge is -2.31. The van der Waals surface area contributed by atoms with Gasteiger partial charge in [-0.05, 0) is 48.9 Å². The van der Waals surface area contributed by atoms with Crippen LogP contribution in [0.2, 0.25) is 0 Å². The number of aryl methyl sites for hydroxylation is 1. The van der Waals surface area contributed by atoms with E-state index in [0.29, 0.717) is 12.8 Å². The number of carboxylic acid groups (broad SMARTS) is 1. The van der Waals surface area contributed by atoms with Gasteiger partial charge in [-0.2, -0.15) is 0 Å². The topological polar surface area (TPSA) is 37.3 Å². The van der Waals surface area contributed by atoms with Crippen LogP contribution in [0, 0.1) is 11.7 Å². The van der Waals surface area contributed by atoms with Crippen molar-refractivity contribution >= 4 is 5.97 Å². The van der Waals surface area contributed by atoms with Gasteiger partial charge < -0.3 is 5.11 Å². The Morgan fingerprint density at radius 2 is 2.19 bits per heavy atom. The van der Waals surface area contributed by atoms with E-state index in [1.54, 1.807) is 12.1 Å². The zero-order chi connectivity index (χ0) is 11.3. The Labute approximate surface area is 93.1 Å². The molecule has 1 aromatic rings. The number of aliphatic carboxylic acids is 1. The fourth-order valence-electron chi connectivity index (χ4n) is 3.13. The standard InChI is InChI=1S/C13H13FO2/c14-9-2-4-10-8(7-9)1-3-11(12(15)16)13(10)5-6-13/h2,4,7,11H,1,3,5-6H2,(H,15,16). The molecular weight excluding hydrogens is 207 g/mol. The molecule has 1 spiro atoms. The zero-order valence-electron chi connectivity index (χ0n) is 8.87. The number of rotatable bonds is 1. The highest BCUT2D eigenvalue weighted by Gasteiger charge is 2.55. The number of benzene rings is 1. The predicted molar refractivity (Wildman–Crippen MR) is 56.8 cm³/mol. The number of hydrogen-bond acceptors (Lipinski definition) is 1. The molecule has 2 nitrogen and oxygen atoms in total. The van der Waals surface area contributed by atoms with E-state index in [0.717, 1.165) is 24.0 Å². The van der Waals surface area contributed by atoms with E-state index < -0.39 is 5.97 Å². The maximum absolute atomic E-state index is 13.1. The minimum atomic E-state index is -0.701. The van der Waals surface area contributed by atoms with Gasteiger partial charge in [0.15, 0.2) is 0 Å². The molecule has 0 saturated heterocycles. The van der Waals surface area contributed by atoms with Crippen molar-refractivity contribution in [2.24, 2.45) is 5.92 Å². The molecule has 2 aliphatic carbocycles. The number of fused-ring (bicyclic) bond motifs is 2. The summed E-state index contributed by atoms with van der Waals surface area (Å²) in [5.74, 6) is -1.19. The second kappa shape index (κ2) is 3.06. The van der Waals surface area contributed by atoms with Crippen LogP contribution in [0.15, 0.2) is 18.2 Å². The van der Waals surface area contributed by atoms with Gasteiger partial charge in [-0.25, -0.2) is 4.39 Å². The quantitative estimate of drug-likeness (QED) is 0.789. The monoisotopic (exact) mass is 220 g/mol. The molecule has 1 fully saturated rings. The molecule has 0 aromatic heterocycles. The van der Waals surface area contributed by atoms with E-state index in [-0.39, 0.29) is 17.2 Å². The van der Waals surface area contributed by atoms with Gasteiger partial charge in [0.05, 0.1) is 5.92 Å².